The maximum Gasteiger partial charge on any atom is 0.417 e. The molecule has 0 aliphatic carbocycles. The standard InChI is InChI=1S/C34H36F3N5O9/c1-18(38-27(43)12-13-28(44)45)30(47)39-19(2)33(50)42-14-6-9-25(42)32(49)41-24(15-20-7-4-3-5-8-20)31(48)40-21-10-11-22-23(34(35,36)37)17-29(46)51-26(22)16-21/h3-5,7-8,10-11,16-19,24-25H,6,9,12-15H2,1-2H3,(H,38,43)(H,39,47)(H,40,48)(H,41,49)(H,44,45). The molecule has 4 rings (SSSR count). The molecule has 272 valence electrons. The Bertz CT molecular complexity index is 1870. The summed E-state index contributed by atoms with van der Waals surface area (Å²) in [6, 6.07) is 7.90. The van der Waals surface area contributed by atoms with E-state index in [1.54, 1.807) is 30.3 Å². The molecule has 4 unspecified atom stereocenters. The minimum absolute atomic E-state index is 0.00248. The molecule has 1 aliphatic rings. The fourth-order valence-corrected chi connectivity index (χ4v) is 5.58. The topological polar surface area (TPSA) is 204 Å². The number of benzene rings is 2. The SMILES string of the molecule is CC(NC(=O)CCC(=O)O)C(=O)NC(C)C(=O)N1CCCC1C(=O)NC(Cc1ccccc1)C(=O)Nc1ccc2c(C(F)(F)F)cc(=O)oc2c1. The van der Waals surface area contributed by atoms with Gasteiger partial charge in [-0.15, -0.1) is 0 Å². The first-order chi connectivity index (χ1) is 24.0. The Kier molecular flexibility index (Phi) is 12.2. The number of hydrogen-bond acceptors (Lipinski definition) is 8. The number of hydrogen-bond donors (Lipinski definition) is 5. The highest BCUT2D eigenvalue weighted by Crippen LogP contribution is 2.34. The summed E-state index contributed by atoms with van der Waals surface area (Å²) in [7, 11) is 0. The highest BCUT2D eigenvalue weighted by molar-refractivity contribution is 6.00. The number of carboxylic acid groups (broad SMARTS) is 1. The van der Waals surface area contributed by atoms with Gasteiger partial charge < -0.3 is 35.7 Å². The second-order valence-electron chi connectivity index (χ2n) is 12.0. The molecule has 2 heterocycles. The molecule has 14 nitrogen and oxygen atoms in total. The lowest BCUT2D eigenvalue weighted by Crippen LogP contribution is -2.56. The number of nitrogens with one attached hydrogen (secondary N) is 4. The predicted octanol–water partition coefficient (Wildman–Crippen LogP) is 2.34. The molecule has 3 aromatic rings. The van der Waals surface area contributed by atoms with Gasteiger partial charge in [0, 0.05) is 42.6 Å². The normalized spacial score (nSPS) is 16.1. The van der Waals surface area contributed by atoms with Crippen molar-refractivity contribution in [3.8, 4) is 0 Å². The molecule has 1 aromatic heterocycles. The van der Waals surface area contributed by atoms with Crippen molar-refractivity contribution in [2.45, 2.75) is 76.3 Å². The molecule has 51 heavy (non-hydrogen) atoms. The molecule has 0 spiro atoms. The molecule has 2 aromatic carbocycles. The molecule has 0 radical (unpaired) electrons. The van der Waals surface area contributed by atoms with Crippen LogP contribution in [0.3, 0.4) is 0 Å². The minimum Gasteiger partial charge on any atom is -0.481 e. The van der Waals surface area contributed by atoms with Gasteiger partial charge in [0.25, 0.3) is 0 Å². The number of carboxylic acids is 1. The quantitative estimate of drug-likeness (QED) is 0.165. The summed E-state index contributed by atoms with van der Waals surface area (Å²) in [4.78, 5) is 88.9. The average molecular weight is 716 g/mol. The molecule has 0 saturated carbocycles. The Morgan fingerprint density at radius 1 is 0.922 bits per heavy atom. The van der Waals surface area contributed by atoms with Gasteiger partial charge in [-0.05, 0) is 44.4 Å². The van der Waals surface area contributed by atoms with Crippen LogP contribution in [0.1, 0.15) is 50.7 Å². The van der Waals surface area contributed by atoms with E-state index in [0.717, 1.165) is 12.1 Å². The number of rotatable bonds is 13. The second kappa shape index (κ2) is 16.3. The van der Waals surface area contributed by atoms with E-state index in [-0.39, 0.29) is 36.9 Å². The van der Waals surface area contributed by atoms with Crippen LogP contribution in [0, 0.1) is 0 Å². The zero-order valence-electron chi connectivity index (χ0n) is 27.5. The van der Waals surface area contributed by atoms with Gasteiger partial charge in [-0.2, -0.15) is 13.2 Å². The van der Waals surface area contributed by atoms with E-state index >= 15 is 0 Å². The fourth-order valence-electron chi connectivity index (χ4n) is 5.58. The molecular weight excluding hydrogens is 679 g/mol. The molecule has 17 heteroatoms. The van der Waals surface area contributed by atoms with Crippen LogP contribution in [-0.4, -0.2) is 76.2 Å². The third-order valence-electron chi connectivity index (χ3n) is 8.14. The van der Waals surface area contributed by atoms with Crippen LogP contribution >= 0.6 is 0 Å². The van der Waals surface area contributed by atoms with Crippen LogP contribution < -0.4 is 26.9 Å². The lowest BCUT2D eigenvalue weighted by Gasteiger charge is -2.29. The third kappa shape index (κ3) is 10.1. The van der Waals surface area contributed by atoms with Crippen molar-refractivity contribution >= 4 is 52.2 Å². The molecule has 0 bridgehead atoms. The number of aliphatic carboxylic acids is 1. The number of halogens is 3. The van der Waals surface area contributed by atoms with E-state index in [1.807, 2.05) is 0 Å². The van der Waals surface area contributed by atoms with Gasteiger partial charge in [-0.1, -0.05) is 30.3 Å². The van der Waals surface area contributed by atoms with Gasteiger partial charge in [0.1, 0.15) is 29.8 Å². The smallest absolute Gasteiger partial charge is 0.417 e. The summed E-state index contributed by atoms with van der Waals surface area (Å²) < 4.78 is 45.5. The van der Waals surface area contributed by atoms with Crippen molar-refractivity contribution in [1.82, 2.24) is 20.9 Å². The molecule has 1 aliphatic heterocycles. The van der Waals surface area contributed by atoms with E-state index in [1.165, 1.54) is 24.8 Å². The number of fused-ring (bicyclic) bond motifs is 1. The van der Waals surface area contributed by atoms with Gasteiger partial charge in [-0.3, -0.25) is 28.8 Å². The summed E-state index contributed by atoms with van der Waals surface area (Å²) in [5.41, 5.74) is -2.17. The van der Waals surface area contributed by atoms with Crippen LogP contribution in [0.15, 0.2) is 63.8 Å². The van der Waals surface area contributed by atoms with Gasteiger partial charge in [0.05, 0.1) is 12.0 Å². The van der Waals surface area contributed by atoms with Gasteiger partial charge in [0.2, 0.25) is 29.5 Å². The van der Waals surface area contributed by atoms with E-state index in [4.69, 9.17) is 9.52 Å². The van der Waals surface area contributed by atoms with Crippen LogP contribution in [0.4, 0.5) is 18.9 Å². The predicted molar refractivity (Wildman–Crippen MR) is 175 cm³/mol. The minimum atomic E-state index is -4.83. The van der Waals surface area contributed by atoms with Crippen molar-refractivity contribution in [2.24, 2.45) is 0 Å². The Morgan fingerprint density at radius 2 is 1.63 bits per heavy atom. The summed E-state index contributed by atoms with van der Waals surface area (Å²) in [5, 5.41) is 18.4. The molecule has 4 atom stereocenters. The number of alkyl halides is 3. The lowest BCUT2D eigenvalue weighted by atomic mass is 10.0. The van der Waals surface area contributed by atoms with E-state index in [0.29, 0.717) is 18.1 Å². The summed E-state index contributed by atoms with van der Waals surface area (Å²) in [6.07, 6.45) is -4.89. The summed E-state index contributed by atoms with van der Waals surface area (Å²) in [6.45, 7) is 2.95. The first-order valence-electron chi connectivity index (χ1n) is 16.0. The summed E-state index contributed by atoms with van der Waals surface area (Å²) in [5.74, 6) is -4.53. The van der Waals surface area contributed by atoms with Crippen LogP contribution in [-0.2, 0) is 41.4 Å². The molecule has 5 amide bonds. The second-order valence-corrected chi connectivity index (χ2v) is 12.0. The lowest BCUT2D eigenvalue weighted by molar-refractivity contribution is -0.142. The molecular formula is C34H36F3N5O9. The molecule has 5 N–H and O–H groups in total. The van der Waals surface area contributed by atoms with Crippen molar-refractivity contribution in [2.75, 3.05) is 11.9 Å². The molecule has 1 fully saturated rings. The number of likely N-dealkylation sites (tertiary alicyclic amines) is 1. The first kappa shape index (κ1) is 38.1. The maximum atomic E-state index is 13.6. The van der Waals surface area contributed by atoms with Crippen LogP contribution in [0.25, 0.3) is 11.0 Å². The Hall–Kier alpha value is -5.74. The van der Waals surface area contributed by atoms with E-state index in [9.17, 15) is 46.7 Å². The maximum absolute atomic E-state index is 13.6. The number of amides is 5. The van der Waals surface area contributed by atoms with Crippen molar-refractivity contribution in [3.05, 3.63) is 76.1 Å². The van der Waals surface area contributed by atoms with E-state index in [2.05, 4.69) is 21.3 Å². The van der Waals surface area contributed by atoms with Gasteiger partial charge in [-0.25, -0.2) is 4.79 Å². The fraction of sp³-hybridized carbons (Fsp3) is 0.382. The number of carbonyl (C=O) groups excluding carboxylic acids is 5. The number of anilines is 1. The van der Waals surface area contributed by atoms with Gasteiger partial charge >= 0.3 is 17.8 Å². The van der Waals surface area contributed by atoms with Crippen molar-refractivity contribution < 1.29 is 51.5 Å². The highest BCUT2D eigenvalue weighted by Gasteiger charge is 2.38. The van der Waals surface area contributed by atoms with Crippen LogP contribution in [0.5, 0.6) is 0 Å². The van der Waals surface area contributed by atoms with Crippen molar-refractivity contribution in [3.63, 3.8) is 0 Å². The summed E-state index contributed by atoms with van der Waals surface area (Å²) >= 11 is 0. The monoisotopic (exact) mass is 715 g/mol. The highest BCUT2D eigenvalue weighted by atomic mass is 19.4. The average Bonchev–Trinajstić information content (AvgIpc) is 3.56. The van der Waals surface area contributed by atoms with Gasteiger partial charge in [0.15, 0.2) is 0 Å². The largest absolute Gasteiger partial charge is 0.481 e. The Balaban J connectivity index is 1.46. The Morgan fingerprint density at radius 3 is 2.29 bits per heavy atom. The zero-order chi connectivity index (χ0) is 37.5. The zero-order valence-corrected chi connectivity index (χ0v) is 27.5. The molecule has 1 saturated heterocycles. The number of nitrogens with zero attached hydrogens (tertiary/aromatic N) is 1. The Labute approximate surface area is 288 Å². The third-order valence-corrected chi connectivity index (χ3v) is 8.14. The first-order valence-corrected chi connectivity index (χ1v) is 16.0. The number of carbonyl (C=O) groups is 6. The van der Waals surface area contributed by atoms with Crippen molar-refractivity contribution in [1.29, 1.82) is 0 Å². The van der Waals surface area contributed by atoms with Crippen LogP contribution in [0.2, 0.25) is 0 Å². The van der Waals surface area contributed by atoms with E-state index < -0.39 is 89.0 Å².